The number of imidazole rings is 2. The van der Waals surface area contributed by atoms with Crippen LogP contribution in [0.25, 0.3) is 0 Å². The van der Waals surface area contributed by atoms with Crippen molar-refractivity contribution in [3.05, 3.63) is 36.4 Å². The maximum atomic E-state index is 4.47. The molecule has 3 heterocycles. The van der Waals surface area contributed by atoms with Crippen LogP contribution in [0, 0.1) is 0 Å². The van der Waals surface area contributed by atoms with Crippen molar-refractivity contribution in [2.75, 3.05) is 6.54 Å². The van der Waals surface area contributed by atoms with Gasteiger partial charge in [0.1, 0.15) is 11.6 Å². The second kappa shape index (κ2) is 4.94. The minimum absolute atomic E-state index is 0.536. The Morgan fingerprint density at radius 1 is 1.33 bits per heavy atom. The first kappa shape index (κ1) is 11.5. The molecule has 2 aromatic heterocycles. The summed E-state index contributed by atoms with van der Waals surface area (Å²) in [5.74, 6) is 2.84. The van der Waals surface area contributed by atoms with Gasteiger partial charge in [-0.1, -0.05) is 0 Å². The van der Waals surface area contributed by atoms with E-state index in [0.29, 0.717) is 5.92 Å². The third-order valence-electron chi connectivity index (χ3n) is 3.66. The lowest BCUT2D eigenvalue weighted by Gasteiger charge is -2.23. The molecule has 0 aromatic carbocycles. The molecule has 0 unspecified atom stereocenters. The van der Waals surface area contributed by atoms with E-state index in [0.717, 1.165) is 25.5 Å². The van der Waals surface area contributed by atoms with E-state index in [-0.39, 0.29) is 0 Å². The van der Waals surface area contributed by atoms with Gasteiger partial charge in [-0.2, -0.15) is 0 Å². The summed E-state index contributed by atoms with van der Waals surface area (Å²) in [7, 11) is 2.03. The predicted octanol–water partition coefficient (Wildman–Crippen LogP) is 1.28. The molecule has 3 rings (SSSR count). The van der Waals surface area contributed by atoms with Gasteiger partial charge in [-0.05, 0) is 12.8 Å². The molecule has 0 spiro atoms. The molecule has 1 atom stereocenters. The van der Waals surface area contributed by atoms with Crippen LogP contribution in [0.1, 0.15) is 30.4 Å². The summed E-state index contributed by atoms with van der Waals surface area (Å²) in [6, 6.07) is 0. The SMILES string of the molecule is Cn1ccnc1CNC[C@@H]1CCCn2ccnc21. The van der Waals surface area contributed by atoms with Crippen LogP contribution >= 0.6 is 0 Å². The van der Waals surface area contributed by atoms with Gasteiger partial charge in [0.05, 0.1) is 6.54 Å². The second-order valence-corrected chi connectivity index (χ2v) is 4.90. The number of fused-ring (bicyclic) bond motifs is 1. The molecule has 5 nitrogen and oxygen atoms in total. The summed E-state index contributed by atoms with van der Waals surface area (Å²) in [6.45, 7) is 2.91. The Balaban J connectivity index is 1.57. The molecular weight excluding hydrogens is 226 g/mol. The van der Waals surface area contributed by atoms with Gasteiger partial charge in [0.25, 0.3) is 0 Å². The maximum Gasteiger partial charge on any atom is 0.122 e. The van der Waals surface area contributed by atoms with E-state index in [9.17, 15) is 0 Å². The Morgan fingerprint density at radius 3 is 3.06 bits per heavy atom. The highest BCUT2D eigenvalue weighted by Gasteiger charge is 2.20. The van der Waals surface area contributed by atoms with Crippen LogP contribution in [0.15, 0.2) is 24.8 Å². The third kappa shape index (κ3) is 2.18. The van der Waals surface area contributed by atoms with E-state index in [4.69, 9.17) is 0 Å². The maximum absolute atomic E-state index is 4.47. The molecule has 1 aliphatic rings. The van der Waals surface area contributed by atoms with Crippen molar-refractivity contribution in [3.8, 4) is 0 Å². The van der Waals surface area contributed by atoms with Crippen molar-refractivity contribution in [1.82, 2.24) is 24.4 Å². The van der Waals surface area contributed by atoms with E-state index < -0.39 is 0 Å². The van der Waals surface area contributed by atoms with Gasteiger partial charge in [-0.15, -0.1) is 0 Å². The topological polar surface area (TPSA) is 47.7 Å². The number of rotatable bonds is 4. The number of nitrogens with one attached hydrogen (secondary N) is 1. The average molecular weight is 245 g/mol. The molecule has 0 saturated carbocycles. The zero-order valence-electron chi connectivity index (χ0n) is 10.7. The summed E-state index contributed by atoms with van der Waals surface area (Å²) in [6.07, 6.45) is 10.3. The summed E-state index contributed by atoms with van der Waals surface area (Å²) < 4.78 is 4.32. The van der Waals surface area contributed by atoms with Crippen LogP contribution < -0.4 is 5.32 Å². The largest absolute Gasteiger partial charge is 0.337 e. The van der Waals surface area contributed by atoms with Gasteiger partial charge in [0, 0.05) is 50.8 Å². The molecule has 0 saturated heterocycles. The van der Waals surface area contributed by atoms with Crippen molar-refractivity contribution in [2.24, 2.45) is 7.05 Å². The quantitative estimate of drug-likeness (QED) is 0.883. The fourth-order valence-corrected chi connectivity index (χ4v) is 2.63. The smallest absolute Gasteiger partial charge is 0.122 e. The summed E-state index contributed by atoms with van der Waals surface area (Å²) >= 11 is 0. The van der Waals surface area contributed by atoms with Crippen LogP contribution in [-0.2, 0) is 20.1 Å². The Labute approximate surface area is 107 Å². The number of hydrogen-bond acceptors (Lipinski definition) is 3. The number of aromatic nitrogens is 4. The summed E-state index contributed by atoms with van der Waals surface area (Å²) in [5, 5.41) is 3.49. The fraction of sp³-hybridized carbons (Fsp3) is 0.538. The minimum Gasteiger partial charge on any atom is -0.337 e. The minimum atomic E-state index is 0.536. The molecule has 5 heteroatoms. The van der Waals surface area contributed by atoms with Crippen molar-refractivity contribution < 1.29 is 0 Å². The molecule has 0 bridgehead atoms. The predicted molar refractivity (Wildman–Crippen MR) is 69.1 cm³/mol. The highest BCUT2D eigenvalue weighted by atomic mass is 15.1. The molecule has 2 aromatic rings. The van der Waals surface area contributed by atoms with E-state index in [1.807, 2.05) is 25.6 Å². The van der Waals surface area contributed by atoms with Gasteiger partial charge in [-0.3, -0.25) is 0 Å². The first-order valence-electron chi connectivity index (χ1n) is 6.52. The van der Waals surface area contributed by atoms with Crippen molar-refractivity contribution in [3.63, 3.8) is 0 Å². The molecule has 96 valence electrons. The lowest BCUT2D eigenvalue weighted by molar-refractivity contribution is 0.420. The van der Waals surface area contributed by atoms with Crippen LogP contribution in [0.5, 0.6) is 0 Å². The molecular formula is C13H19N5. The van der Waals surface area contributed by atoms with Crippen molar-refractivity contribution in [1.29, 1.82) is 0 Å². The first-order chi connectivity index (χ1) is 8.84. The number of hydrogen-bond donors (Lipinski definition) is 1. The highest BCUT2D eigenvalue weighted by molar-refractivity contribution is 5.04. The van der Waals surface area contributed by atoms with Crippen LogP contribution in [-0.4, -0.2) is 25.6 Å². The number of nitrogens with zero attached hydrogens (tertiary/aromatic N) is 4. The van der Waals surface area contributed by atoms with Gasteiger partial charge in [0.2, 0.25) is 0 Å². The van der Waals surface area contributed by atoms with Crippen LogP contribution in [0.2, 0.25) is 0 Å². The molecule has 0 amide bonds. The standard InChI is InChI=1S/C13H19N5/c1-17-7-4-15-12(17)10-14-9-11-3-2-6-18-8-5-16-13(11)18/h4-5,7-8,11,14H,2-3,6,9-10H2,1H3/t11-/m0/s1. The van der Waals surface area contributed by atoms with E-state index in [1.54, 1.807) is 0 Å². The Bertz CT molecular complexity index is 513. The zero-order valence-corrected chi connectivity index (χ0v) is 10.7. The molecule has 0 fully saturated rings. The van der Waals surface area contributed by atoms with Crippen molar-refractivity contribution >= 4 is 0 Å². The van der Waals surface area contributed by atoms with Gasteiger partial charge >= 0.3 is 0 Å². The van der Waals surface area contributed by atoms with E-state index in [2.05, 4.69) is 30.6 Å². The Morgan fingerprint density at radius 2 is 2.22 bits per heavy atom. The molecule has 18 heavy (non-hydrogen) atoms. The molecule has 0 aliphatic carbocycles. The fourth-order valence-electron chi connectivity index (χ4n) is 2.63. The normalized spacial score (nSPS) is 18.8. The van der Waals surface area contributed by atoms with Gasteiger partial charge < -0.3 is 14.5 Å². The average Bonchev–Trinajstić information content (AvgIpc) is 2.99. The van der Waals surface area contributed by atoms with Crippen molar-refractivity contribution in [2.45, 2.75) is 31.8 Å². The molecule has 1 N–H and O–H groups in total. The monoisotopic (exact) mass is 245 g/mol. The highest BCUT2D eigenvalue weighted by Crippen LogP contribution is 2.24. The van der Waals surface area contributed by atoms with Gasteiger partial charge in [-0.25, -0.2) is 9.97 Å². The van der Waals surface area contributed by atoms with E-state index >= 15 is 0 Å². The van der Waals surface area contributed by atoms with E-state index in [1.165, 1.54) is 18.7 Å². The molecule has 0 radical (unpaired) electrons. The zero-order chi connectivity index (χ0) is 12.4. The summed E-state index contributed by atoms with van der Waals surface area (Å²) in [5.41, 5.74) is 0. The lowest BCUT2D eigenvalue weighted by atomic mass is 9.99. The van der Waals surface area contributed by atoms with Crippen LogP contribution in [0.4, 0.5) is 0 Å². The molecule has 1 aliphatic heterocycles. The lowest BCUT2D eigenvalue weighted by Crippen LogP contribution is -2.27. The number of aryl methyl sites for hydroxylation is 2. The van der Waals surface area contributed by atoms with Gasteiger partial charge in [0.15, 0.2) is 0 Å². The summed E-state index contributed by atoms with van der Waals surface area (Å²) in [4.78, 5) is 8.79. The van der Waals surface area contributed by atoms with Crippen LogP contribution in [0.3, 0.4) is 0 Å². The third-order valence-corrected chi connectivity index (χ3v) is 3.66. The second-order valence-electron chi connectivity index (χ2n) is 4.90. The first-order valence-corrected chi connectivity index (χ1v) is 6.52. The Kier molecular flexibility index (Phi) is 3.15. The Hall–Kier alpha value is -1.62.